The number of hydrogen-bond donors (Lipinski definition) is 1. The van der Waals surface area contributed by atoms with Crippen LogP contribution in [0.3, 0.4) is 0 Å². The maximum atomic E-state index is 3.68. The standard InChI is InChI=1S/C10H15NS/c1-2-3-4-6-11-8-10-5-7-12-9-10/h2,5,7,9,11H,1,3-4,6,8H2. The minimum absolute atomic E-state index is 1.00. The molecular weight excluding hydrogens is 166 g/mol. The lowest BCUT2D eigenvalue weighted by molar-refractivity contribution is 0.656. The summed E-state index contributed by atoms with van der Waals surface area (Å²) in [6.45, 7) is 5.77. The van der Waals surface area contributed by atoms with Gasteiger partial charge in [0.2, 0.25) is 0 Å². The van der Waals surface area contributed by atoms with Crippen molar-refractivity contribution in [3.05, 3.63) is 35.0 Å². The molecule has 2 heteroatoms. The Bertz CT molecular complexity index is 204. The lowest BCUT2D eigenvalue weighted by atomic mass is 10.3. The minimum Gasteiger partial charge on any atom is -0.313 e. The van der Waals surface area contributed by atoms with Crippen LogP contribution in [-0.4, -0.2) is 6.54 Å². The normalized spacial score (nSPS) is 10.0. The van der Waals surface area contributed by atoms with Crippen LogP contribution < -0.4 is 5.32 Å². The summed E-state index contributed by atoms with van der Waals surface area (Å²) in [6.07, 6.45) is 4.26. The zero-order valence-electron chi connectivity index (χ0n) is 7.25. The second-order valence-corrected chi connectivity index (χ2v) is 3.52. The summed E-state index contributed by atoms with van der Waals surface area (Å²) in [7, 11) is 0. The summed E-state index contributed by atoms with van der Waals surface area (Å²) in [4.78, 5) is 0. The zero-order chi connectivity index (χ0) is 8.65. The van der Waals surface area contributed by atoms with Crippen molar-refractivity contribution >= 4 is 11.3 Å². The molecule has 0 aliphatic heterocycles. The van der Waals surface area contributed by atoms with Gasteiger partial charge in [0.1, 0.15) is 0 Å². The number of nitrogens with one attached hydrogen (secondary N) is 1. The molecule has 1 N–H and O–H groups in total. The van der Waals surface area contributed by atoms with Gasteiger partial charge >= 0.3 is 0 Å². The molecule has 12 heavy (non-hydrogen) atoms. The summed E-state index contributed by atoms with van der Waals surface area (Å²) < 4.78 is 0. The molecule has 0 radical (unpaired) electrons. The van der Waals surface area contributed by atoms with Gasteiger partial charge in [0.05, 0.1) is 0 Å². The Morgan fingerprint density at radius 1 is 1.58 bits per heavy atom. The van der Waals surface area contributed by atoms with Gasteiger partial charge < -0.3 is 5.32 Å². The number of unbranched alkanes of at least 4 members (excludes halogenated alkanes) is 1. The van der Waals surface area contributed by atoms with Crippen LogP contribution in [0.15, 0.2) is 29.5 Å². The highest BCUT2D eigenvalue weighted by Gasteiger charge is 1.90. The first-order valence-electron chi connectivity index (χ1n) is 4.26. The third-order valence-electron chi connectivity index (χ3n) is 1.67. The van der Waals surface area contributed by atoms with Crippen LogP contribution in [0.25, 0.3) is 0 Å². The van der Waals surface area contributed by atoms with E-state index >= 15 is 0 Å². The monoisotopic (exact) mass is 181 g/mol. The second-order valence-electron chi connectivity index (χ2n) is 2.74. The van der Waals surface area contributed by atoms with Crippen molar-refractivity contribution in [1.29, 1.82) is 0 Å². The average molecular weight is 181 g/mol. The third kappa shape index (κ3) is 3.69. The molecule has 0 bridgehead atoms. The van der Waals surface area contributed by atoms with Crippen LogP contribution in [0.4, 0.5) is 0 Å². The van der Waals surface area contributed by atoms with Gasteiger partial charge in [-0.3, -0.25) is 0 Å². The van der Waals surface area contributed by atoms with Crippen molar-refractivity contribution in [2.75, 3.05) is 6.54 Å². The molecule has 0 unspecified atom stereocenters. The van der Waals surface area contributed by atoms with Gasteiger partial charge in [0.25, 0.3) is 0 Å². The lowest BCUT2D eigenvalue weighted by Gasteiger charge is -2.00. The van der Waals surface area contributed by atoms with E-state index in [4.69, 9.17) is 0 Å². The van der Waals surface area contributed by atoms with Gasteiger partial charge in [-0.25, -0.2) is 0 Å². The van der Waals surface area contributed by atoms with Gasteiger partial charge in [0.15, 0.2) is 0 Å². The molecule has 0 saturated heterocycles. The molecule has 0 aliphatic rings. The van der Waals surface area contributed by atoms with E-state index < -0.39 is 0 Å². The Labute approximate surface area is 78.1 Å². The van der Waals surface area contributed by atoms with E-state index in [9.17, 15) is 0 Å². The number of hydrogen-bond acceptors (Lipinski definition) is 2. The smallest absolute Gasteiger partial charge is 0.0213 e. The van der Waals surface area contributed by atoms with Crippen molar-refractivity contribution in [2.24, 2.45) is 0 Å². The van der Waals surface area contributed by atoms with Crippen LogP contribution in [0.1, 0.15) is 18.4 Å². The van der Waals surface area contributed by atoms with Crippen LogP contribution in [-0.2, 0) is 6.54 Å². The maximum absolute atomic E-state index is 3.68. The second kappa shape index (κ2) is 5.98. The quantitative estimate of drug-likeness (QED) is 0.525. The molecule has 0 amide bonds. The Balaban J connectivity index is 2.00. The molecule has 1 rings (SSSR count). The highest BCUT2D eigenvalue weighted by molar-refractivity contribution is 7.07. The summed E-state index contributed by atoms with van der Waals surface area (Å²) in [5.41, 5.74) is 1.39. The van der Waals surface area contributed by atoms with Crippen LogP contribution in [0.2, 0.25) is 0 Å². The van der Waals surface area contributed by atoms with Gasteiger partial charge in [-0.05, 0) is 41.8 Å². The average Bonchev–Trinajstić information content (AvgIpc) is 2.57. The van der Waals surface area contributed by atoms with E-state index in [1.165, 1.54) is 12.0 Å². The van der Waals surface area contributed by atoms with E-state index in [1.54, 1.807) is 11.3 Å². The zero-order valence-corrected chi connectivity index (χ0v) is 8.07. The number of thiophene rings is 1. The van der Waals surface area contributed by atoms with E-state index in [0.29, 0.717) is 0 Å². The van der Waals surface area contributed by atoms with Crippen molar-refractivity contribution in [3.63, 3.8) is 0 Å². The van der Waals surface area contributed by atoms with Crippen molar-refractivity contribution in [2.45, 2.75) is 19.4 Å². The molecule has 1 heterocycles. The first-order chi connectivity index (χ1) is 5.93. The van der Waals surface area contributed by atoms with Crippen molar-refractivity contribution in [3.8, 4) is 0 Å². The summed E-state index contributed by atoms with van der Waals surface area (Å²) in [6, 6.07) is 2.16. The molecular formula is C10H15NS. The topological polar surface area (TPSA) is 12.0 Å². The maximum Gasteiger partial charge on any atom is 0.0213 e. The van der Waals surface area contributed by atoms with Gasteiger partial charge in [-0.2, -0.15) is 11.3 Å². The van der Waals surface area contributed by atoms with E-state index in [-0.39, 0.29) is 0 Å². The molecule has 0 atom stereocenters. The molecule has 0 aliphatic carbocycles. The fourth-order valence-electron chi connectivity index (χ4n) is 0.997. The largest absolute Gasteiger partial charge is 0.313 e. The molecule has 1 aromatic heterocycles. The van der Waals surface area contributed by atoms with Gasteiger partial charge in [-0.1, -0.05) is 6.08 Å². The molecule has 0 aromatic carbocycles. The van der Waals surface area contributed by atoms with Crippen molar-refractivity contribution in [1.82, 2.24) is 5.32 Å². The highest BCUT2D eigenvalue weighted by atomic mass is 32.1. The van der Waals surface area contributed by atoms with Gasteiger partial charge in [0, 0.05) is 6.54 Å². The number of rotatable bonds is 6. The van der Waals surface area contributed by atoms with Gasteiger partial charge in [-0.15, -0.1) is 6.58 Å². The molecule has 0 spiro atoms. The van der Waals surface area contributed by atoms with E-state index in [1.807, 2.05) is 6.08 Å². The Morgan fingerprint density at radius 2 is 2.50 bits per heavy atom. The first-order valence-corrected chi connectivity index (χ1v) is 5.20. The first kappa shape index (κ1) is 9.49. The fourth-order valence-corrected chi connectivity index (χ4v) is 1.67. The Kier molecular flexibility index (Phi) is 4.73. The molecule has 1 aromatic rings. The fraction of sp³-hybridized carbons (Fsp3) is 0.400. The van der Waals surface area contributed by atoms with Crippen molar-refractivity contribution < 1.29 is 0 Å². The minimum atomic E-state index is 1.00. The molecule has 0 fully saturated rings. The molecule has 1 nitrogen and oxygen atoms in total. The Morgan fingerprint density at radius 3 is 3.17 bits per heavy atom. The SMILES string of the molecule is C=CCCCNCc1ccsc1. The Hall–Kier alpha value is -0.600. The summed E-state index contributed by atoms with van der Waals surface area (Å²) in [5, 5.41) is 7.67. The van der Waals surface area contributed by atoms with Crippen LogP contribution in [0, 0.1) is 0 Å². The lowest BCUT2D eigenvalue weighted by Crippen LogP contribution is -2.13. The summed E-state index contributed by atoms with van der Waals surface area (Å²) >= 11 is 1.75. The predicted octanol–water partition coefficient (Wildman–Crippen LogP) is 2.80. The summed E-state index contributed by atoms with van der Waals surface area (Å²) in [5.74, 6) is 0. The van der Waals surface area contributed by atoms with E-state index in [0.717, 1.165) is 19.5 Å². The highest BCUT2D eigenvalue weighted by Crippen LogP contribution is 2.04. The third-order valence-corrected chi connectivity index (χ3v) is 2.40. The molecule has 66 valence electrons. The van der Waals surface area contributed by atoms with Crippen LogP contribution in [0.5, 0.6) is 0 Å². The number of allylic oxidation sites excluding steroid dienone is 1. The molecule has 0 saturated carbocycles. The predicted molar refractivity (Wildman–Crippen MR) is 55.5 cm³/mol. The van der Waals surface area contributed by atoms with E-state index in [2.05, 4.69) is 28.7 Å². The van der Waals surface area contributed by atoms with Crippen LogP contribution >= 0.6 is 11.3 Å².